The van der Waals surface area contributed by atoms with Crippen molar-refractivity contribution in [1.29, 1.82) is 0 Å². The van der Waals surface area contributed by atoms with Gasteiger partial charge in [0.05, 0.1) is 0 Å². The molecule has 0 heterocycles. The number of hydrogen-bond donors (Lipinski definition) is 0. The van der Waals surface area contributed by atoms with E-state index in [4.69, 9.17) is 0 Å². The molecule has 44 valence electrons. The Labute approximate surface area is 47.9 Å². The van der Waals surface area contributed by atoms with Crippen molar-refractivity contribution in [2.75, 3.05) is 24.5 Å². The second-order valence-corrected chi connectivity index (χ2v) is 7.06. The average molecular weight is 118 g/mol. The summed E-state index contributed by atoms with van der Waals surface area (Å²) >= 11 is 0. The van der Waals surface area contributed by atoms with Crippen molar-refractivity contribution in [2.24, 2.45) is 0 Å². The SMILES string of the molecule is C=CCS(C)(C)C. The molecule has 0 nitrogen and oxygen atoms in total. The summed E-state index contributed by atoms with van der Waals surface area (Å²) in [5.74, 6) is 1.19. The highest BCUT2D eigenvalue weighted by Crippen LogP contribution is 2.33. The van der Waals surface area contributed by atoms with E-state index in [1.165, 1.54) is 5.75 Å². The fourth-order valence-corrected chi connectivity index (χ4v) is 1.06. The summed E-state index contributed by atoms with van der Waals surface area (Å²) < 4.78 is 0. The lowest BCUT2D eigenvalue weighted by Crippen LogP contribution is -1.93. The Morgan fingerprint density at radius 1 is 1.43 bits per heavy atom. The maximum Gasteiger partial charge on any atom is -0.00564 e. The fraction of sp³-hybridized carbons (Fsp3) is 0.667. The van der Waals surface area contributed by atoms with E-state index in [1.807, 2.05) is 6.08 Å². The van der Waals surface area contributed by atoms with Gasteiger partial charge >= 0.3 is 0 Å². The number of hydrogen-bond acceptors (Lipinski definition) is 0. The third-order valence-electron chi connectivity index (χ3n) is 0.618. The molecule has 0 unspecified atom stereocenters. The summed E-state index contributed by atoms with van der Waals surface area (Å²) in [6.07, 6.45) is 8.85. The van der Waals surface area contributed by atoms with Crippen LogP contribution in [0.3, 0.4) is 0 Å². The van der Waals surface area contributed by atoms with Crippen molar-refractivity contribution in [3.05, 3.63) is 12.7 Å². The first-order chi connectivity index (χ1) is 3.06. The maximum atomic E-state index is 3.67. The highest BCUT2D eigenvalue weighted by Gasteiger charge is 1.97. The molecular formula is C6H14S. The molecule has 0 N–H and O–H groups in total. The second kappa shape index (κ2) is 2.41. The topological polar surface area (TPSA) is 0 Å². The quantitative estimate of drug-likeness (QED) is 0.486. The molecule has 0 aromatic heterocycles. The molecule has 0 aliphatic carbocycles. The van der Waals surface area contributed by atoms with E-state index < -0.39 is 0 Å². The summed E-state index contributed by atoms with van der Waals surface area (Å²) in [4.78, 5) is 0. The van der Waals surface area contributed by atoms with Crippen molar-refractivity contribution >= 4 is 10.0 Å². The maximum absolute atomic E-state index is 3.67. The van der Waals surface area contributed by atoms with Gasteiger partial charge in [0.15, 0.2) is 0 Å². The van der Waals surface area contributed by atoms with Crippen LogP contribution in [-0.2, 0) is 0 Å². The first-order valence-corrected chi connectivity index (χ1v) is 5.36. The molecule has 0 aromatic rings. The molecule has 0 atom stereocenters. The molecule has 0 rings (SSSR count). The van der Waals surface area contributed by atoms with Crippen molar-refractivity contribution in [1.82, 2.24) is 0 Å². The van der Waals surface area contributed by atoms with E-state index in [1.54, 1.807) is 0 Å². The monoisotopic (exact) mass is 118 g/mol. The molecule has 7 heavy (non-hydrogen) atoms. The molecule has 0 saturated carbocycles. The molecule has 0 radical (unpaired) electrons. The Kier molecular flexibility index (Phi) is 2.44. The van der Waals surface area contributed by atoms with E-state index in [9.17, 15) is 0 Å². The summed E-state index contributed by atoms with van der Waals surface area (Å²) in [5.41, 5.74) is 0. The fourth-order valence-electron chi connectivity index (χ4n) is 0.354. The Morgan fingerprint density at radius 3 is 1.86 bits per heavy atom. The van der Waals surface area contributed by atoms with Gasteiger partial charge in [0, 0.05) is 0 Å². The molecule has 0 bridgehead atoms. The first-order valence-electron chi connectivity index (χ1n) is 2.33. The standard InChI is InChI=1S/C6H14S/c1-5-6-7(2,3)4/h5H,1,6H2,2-4H3. The van der Waals surface area contributed by atoms with Crippen LogP contribution in [-0.4, -0.2) is 24.5 Å². The van der Waals surface area contributed by atoms with Crippen LogP contribution in [0.4, 0.5) is 0 Å². The smallest absolute Gasteiger partial charge is 0.00564 e. The van der Waals surface area contributed by atoms with Crippen molar-refractivity contribution in [3.8, 4) is 0 Å². The Hall–Kier alpha value is 0.0900. The van der Waals surface area contributed by atoms with Gasteiger partial charge in [-0.15, -0.1) is 6.58 Å². The van der Waals surface area contributed by atoms with Gasteiger partial charge in [0.1, 0.15) is 0 Å². The predicted octanol–water partition coefficient (Wildman–Crippen LogP) is 1.87. The highest BCUT2D eigenvalue weighted by atomic mass is 32.3. The Morgan fingerprint density at radius 2 is 1.86 bits per heavy atom. The molecular weight excluding hydrogens is 104 g/mol. The average Bonchev–Trinajstić information content (AvgIpc) is 1.30. The molecule has 0 fully saturated rings. The molecule has 0 aliphatic rings. The van der Waals surface area contributed by atoms with Gasteiger partial charge in [-0.2, -0.15) is 0 Å². The zero-order chi connectivity index (χ0) is 5.91. The third-order valence-corrected chi connectivity index (χ3v) is 1.85. The van der Waals surface area contributed by atoms with E-state index in [0.29, 0.717) is 0 Å². The van der Waals surface area contributed by atoms with Crippen LogP contribution >= 0.6 is 10.0 Å². The largest absolute Gasteiger partial charge is 0.246 e. The normalized spacial score (nSPS) is 13.6. The summed E-state index contributed by atoms with van der Waals surface area (Å²) in [6.45, 7) is 3.67. The van der Waals surface area contributed by atoms with Crippen LogP contribution in [0, 0.1) is 0 Å². The van der Waals surface area contributed by atoms with E-state index in [0.717, 1.165) is 0 Å². The molecule has 0 saturated heterocycles. The molecule has 0 spiro atoms. The predicted molar refractivity (Wildman–Crippen MR) is 40.4 cm³/mol. The summed E-state index contributed by atoms with van der Waals surface area (Å²) in [7, 11) is -0.292. The second-order valence-electron chi connectivity index (χ2n) is 2.55. The van der Waals surface area contributed by atoms with Crippen LogP contribution in [0.25, 0.3) is 0 Å². The molecule has 0 aliphatic heterocycles. The summed E-state index contributed by atoms with van der Waals surface area (Å²) in [6, 6.07) is 0. The van der Waals surface area contributed by atoms with Crippen LogP contribution in [0.5, 0.6) is 0 Å². The van der Waals surface area contributed by atoms with E-state index >= 15 is 0 Å². The van der Waals surface area contributed by atoms with Crippen molar-refractivity contribution in [2.45, 2.75) is 0 Å². The summed E-state index contributed by atoms with van der Waals surface area (Å²) in [5, 5.41) is 0. The van der Waals surface area contributed by atoms with Gasteiger partial charge in [0.2, 0.25) is 0 Å². The first kappa shape index (κ1) is 7.09. The van der Waals surface area contributed by atoms with Gasteiger partial charge < -0.3 is 0 Å². The highest BCUT2D eigenvalue weighted by molar-refractivity contribution is 8.32. The minimum absolute atomic E-state index is 0.292. The zero-order valence-corrected chi connectivity index (χ0v) is 6.22. The van der Waals surface area contributed by atoms with Gasteiger partial charge in [-0.25, -0.2) is 10.0 Å². The Balaban J connectivity index is 3.34. The lowest BCUT2D eigenvalue weighted by atomic mass is 10.8. The molecule has 1 heteroatoms. The van der Waals surface area contributed by atoms with Crippen molar-refractivity contribution < 1.29 is 0 Å². The molecule has 0 aromatic carbocycles. The molecule has 0 amide bonds. The van der Waals surface area contributed by atoms with Gasteiger partial charge in [-0.1, -0.05) is 6.08 Å². The lowest BCUT2D eigenvalue weighted by molar-refractivity contribution is 1.74. The minimum atomic E-state index is -0.292. The van der Waals surface area contributed by atoms with Crippen molar-refractivity contribution in [3.63, 3.8) is 0 Å². The van der Waals surface area contributed by atoms with Crippen LogP contribution in [0.15, 0.2) is 12.7 Å². The van der Waals surface area contributed by atoms with Crippen LogP contribution < -0.4 is 0 Å². The third kappa shape index (κ3) is 6.09. The Bertz CT molecular complexity index is 59.1. The minimum Gasteiger partial charge on any atom is -0.246 e. The van der Waals surface area contributed by atoms with Crippen LogP contribution in [0.1, 0.15) is 0 Å². The van der Waals surface area contributed by atoms with Gasteiger partial charge in [0.25, 0.3) is 0 Å². The van der Waals surface area contributed by atoms with Crippen LogP contribution in [0.2, 0.25) is 0 Å². The van der Waals surface area contributed by atoms with E-state index in [2.05, 4.69) is 25.3 Å². The van der Waals surface area contributed by atoms with E-state index in [-0.39, 0.29) is 10.0 Å². The number of rotatable bonds is 2. The lowest BCUT2D eigenvalue weighted by Gasteiger charge is -2.21. The zero-order valence-electron chi connectivity index (χ0n) is 5.40. The van der Waals surface area contributed by atoms with Gasteiger partial charge in [-0.05, 0) is 24.5 Å². The van der Waals surface area contributed by atoms with Gasteiger partial charge in [-0.3, -0.25) is 0 Å².